The maximum absolute atomic E-state index is 13.3. The van der Waals surface area contributed by atoms with E-state index in [1.165, 1.54) is 6.20 Å². The van der Waals surface area contributed by atoms with E-state index in [4.69, 9.17) is 11.6 Å². The molecule has 17 heavy (non-hydrogen) atoms. The van der Waals surface area contributed by atoms with Crippen molar-refractivity contribution in [3.8, 4) is 0 Å². The third kappa shape index (κ3) is 2.70. The highest BCUT2D eigenvalue weighted by atomic mass is 35.5. The van der Waals surface area contributed by atoms with Gasteiger partial charge in [0.1, 0.15) is 10.1 Å². The third-order valence-corrected chi connectivity index (χ3v) is 3.19. The Kier molecular flexibility index (Phi) is 3.54. The number of aromatic nitrogens is 2. The van der Waals surface area contributed by atoms with Crippen molar-refractivity contribution in [3.63, 3.8) is 0 Å². The fraction of sp³-hybridized carbons (Fsp3) is 0. The van der Waals surface area contributed by atoms with Crippen LogP contribution in [-0.4, -0.2) is 9.97 Å². The Labute approximate surface area is 104 Å². The molecule has 0 fully saturated rings. The van der Waals surface area contributed by atoms with E-state index in [1.54, 1.807) is 12.1 Å². The van der Waals surface area contributed by atoms with E-state index in [0.717, 1.165) is 11.8 Å². The minimum atomic E-state index is -1.36. The van der Waals surface area contributed by atoms with Crippen molar-refractivity contribution in [1.29, 1.82) is 0 Å². The van der Waals surface area contributed by atoms with Gasteiger partial charge in [0.25, 0.3) is 0 Å². The maximum Gasteiger partial charge on any atom is 0.250 e. The molecule has 0 saturated heterocycles. The SMILES string of the molecule is Fc1cc(F)c(Sc2ncccc2Cl)nc1F. The molecule has 2 aromatic rings. The first kappa shape index (κ1) is 12.2. The summed E-state index contributed by atoms with van der Waals surface area (Å²) in [5, 5.41) is 0.236. The summed E-state index contributed by atoms with van der Waals surface area (Å²) in [4.78, 5) is 7.03. The Bertz CT molecular complexity index is 565. The number of pyridine rings is 2. The van der Waals surface area contributed by atoms with Gasteiger partial charge in [-0.15, -0.1) is 0 Å². The van der Waals surface area contributed by atoms with Gasteiger partial charge in [0.2, 0.25) is 5.95 Å². The van der Waals surface area contributed by atoms with Crippen LogP contribution in [0.1, 0.15) is 0 Å². The minimum absolute atomic E-state index is 0.270. The van der Waals surface area contributed by atoms with E-state index in [2.05, 4.69) is 9.97 Å². The number of hydrogen-bond acceptors (Lipinski definition) is 3. The molecule has 0 amide bonds. The largest absolute Gasteiger partial charge is 0.250 e. The van der Waals surface area contributed by atoms with Crippen LogP contribution in [0.2, 0.25) is 5.02 Å². The van der Waals surface area contributed by atoms with Crippen molar-refractivity contribution in [2.45, 2.75) is 10.1 Å². The van der Waals surface area contributed by atoms with Crippen LogP contribution >= 0.6 is 23.4 Å². The lowest BCUT2D eigenvalue weighted by atomic mass is 10.4. The number of nitrogens with zero attached hydrogens (tertiary/aromatic N) is 2. The monoisotopic (exact) mass is 276 g/mol. The molecule has 0 radical (unpaired) electrons. The molecule has 0 N–H and O–H groups in total. The van der Waals surface area contributed by atoms with Crippen molar-refractivity contribution in [3.05, 3.63) is 47.0 Å². The van der Waals surface area contributed by atoms with Crippen LogP contribution in [0, 0.1) is 17.6 Å². The van der Waals surface area contributed by atoms with E-state index in [-0.39, 0.29) is 15.1 Å². The maximum atomic E-state index is 13.3. The number of hydrogen-bond donors (Lipinski definition) is 0. The highest BCUT2D eigenvalue weighted by Crippen LogP contribution is 2.31. The molecule has 0 atom stereocenters. The van der Waals surface area contributed by atoms with E-state index < -0.39 is 17.6 Å². The summed E-state index contributed by atoms with van der Waals surface area (Å²) in [6, 6.07) is 3.58. The third-order valence-electron chi connectivity index (χ3n) is 1.77. The van der Waals surface area contributed by atoms with Crippen LogP contribution < -0.4 is 0 Å². The van der Waals surface area contributed by atoms with Crippen LogP contribution in [0.3, 0.4) is 0 Å². The van der Waals surface area contributed by atoms with Gasteiger partial charge in [0.05, 0.1) is 5.02 Å². The van der Waals surface area contributed by atoms with Gasteiger partial charge in [0.15, 0.2) is 11.6 Å². The Balaban J connectivity index is 2.37. The van der Waals surface area contributed by atoms with Crippen LogP contribution in [0.4, 0.5) is 13.2 Å². The van der Waals surface area contributed by atoms with E-state index >= 15 is 0 Å². The van der Waals surface area contributed by atoms with Crippen LogP contribution in [0.25, 0.3) is 0 Å². The molecule has 0 saturated carbocycles. The second-order valence-corrected chi connectivity index (χ2v) is 4.33. The molecule has 2 nitrogen and oxygen atoms in total. The molecule has 2 aromatic heterocycles. The first-order valence-electron chi connectivity index (χ1n) is 4.38. The van der Waals surface area contributed by atoms with E-state index in [1.807, 2.05) is 0 Å². The predicted molar refractivity (Wildman–Crippen MR) is 57.5 cm³/mol. The summed E-state index contributed by atoms with van der Waals surface area (Å²) in [7, 11) is 0. The fourth-order valence-corrected chi connectivity index (χ4v) is 2.02. The van der Waals surface area contributed by atoms with Gasteiger partial charge < -0.3 is 0 Å². The van der Waals surface area contributed by atoms with Crippen LogP contribution in [-0.2, 0) is 0 Å². The Hall–Kier alpha value is -1.27. The molecule has 2 heterocycles. The zero-order valence-electron chi connectivity index (χ0n) is 8.12. The summed E-state index contributed by atoms with van der Waals surface area (Å²) in [6.45, 7) is 0. The topological polar surface area (TPSA) is 25.8 Å². The summed E-state index contributed by atoms with van der Waals surface area (Å²) in [5.41, 5.74) is 0. The summed E-state index contributed by atoms with van der Waals surface area (Å²) in [5.74, 6) is -3.66. The summed E-state index contributed by atoms with van der Waals surface area (Å²) in [6.07, 6.45) is 1.45. The van der Waals surface area contributed by atoms with Gasteiger partial charge in [-0.1, -0.05) is 11.6 Å². The van der Waals surface area contributed by atoms with Gasteiger partial charge >= 0.3 is 0 Å². The van der Waals surface area contributed by atoms with Crippen molar-refractivity contribution in [2.75, 3.05) is 0 Å². The molecule has 0 bridgehead atoms. The van der Waals surface area contributed by atoms with Crippen molar-refractivity contribution < 1.29 is 13.2 Å². The quantitative estimate of drug-likeness (QED) is 0.782. The van der Waals surface area contributed by atoms with Gasteiger partial charge in [-0.25, -0.2) is 18.7 Å². The fourth-order valence-electron chi connectivity index (χ4n) is 1.04. The van der Waals surface area contributed by atoms with Gasteiger partial charge in [-0.2, -0.15) is 4.39 Å². The molecule has 0 spiro atoms. The molecule has 7 heteroatoms. The Morgan fingerprint density at radius 2 is 1.88 bits per heavy atom. The average molecular weight is 277 g/mol. The molecule has 0 aromatic carbocycles. The van der Waals surface area contributed by atoms with Crippen molar-refractivity contribution >= 4 is 23.4 Å². The Morgan fingerprint density at radius 1 is 1.12 bits per heavy atom. The molecular formula is C10H4ClF3N2S. The van der Waals surface area contributed by atoms with Crippen LogP contribution in [0.5, 0.6) is 0 Å². The Morgan fingerprint density at radius 3 is 2.59 bits per heavy atom. The van der Waals surface area contributed by atoms with Gasteiger partial charge in [-0.05, 0) is 23.9 Å². The van der Waals surface area contributed by atoms with Crippen molar-refractivity contribution in [2.24, 2.45) is 0 Å². The van der Waals surface area contributed by atoms with E-state index in [9.17, 15) is 13.2 Å². The molecule has 0 aliphatic heterocycles. The van der Waals surface area contributed by atoms with Crippen LogP contribution in [0.15, 0.2) is 34.4 Å². The molecule has 0 unspecified atom stereocenters. The first-order chi connectivity index (χ1) is 8.08. The molecule has 0 aliphatic rings. The zero-order valence-corrected chi connectivity index (χ0v) is 9.70. The number of halogens is 4. The van der Waals surface area contributed by atoms with Gasteiger partial charge in [-0.3, -0.25) is 0 Å². The zero-order chi connectivity index (χ0) is 12.4. The first-order valence-corrected chi connectivity index (χ1v) is 5.57. The minimum Gasteiger partial charge on any atom is -0.248 e. The lowest BCUT2D eigenvalue weighted by Crippen LogP contribution is -1.96. The summed E-state index contributed by atoms with van der Waals surface area (Å²) < 4.78 is 38.8. The molecule has 0 aliphatic carbocycles. The van der Waals surface area contributed by atoms with Gasteiger partial charge in [0, 0.05) is 12.3 Å². The number of rotatable bonds is 2. The van der Waals surface area contributed by atoms with E-state index in [0.29, 0.717) is 6.07 Å². The standard InChI is InChI=1S/C10H4ClF3N2S/c11-5-2-1-3-15-9(5)17-10-7(13)4-6(12)8(14)16-10/h1-4H. The van der Waals surface area contributed by atoms with Crippen molar-refractivity contribution in [1.82, 2.24) is 9.97 Å². The molecule has 2 rings (SSSR count). The smallest absolute Gasteiger partial charge is 0.248 e. The molecule has 88 valence electrons. The second-order valence-electron chi connectivity index (χ2n) is 2.94. The lowest BCUT2D eigenvalue weighted by molar-refractivity contribution is 0.448. The lowest BCUT2D eigenvalue weighted by Gasteiger charge is -2.03. The highest BCUT2D eigenvalue weighted by molar-refractivity contribution is 7.99. The predicted octanol–water partition coefficient (Wildman–Crippen LogP) is 3.70. The molecular weight excluding hydrogens is 273 g/mol. The highest BCUT2D eigenvalue weighted by Gasteiger charge is 2.14. The normalized spacial score (nSPS) is 10.6. The summed E-state index contributed by atoms with van der Waals surface area (Å²) >= 11 is 6.52. The second kappa shape index (κ2) is 4.93. The average Bonchev–Trinajstić information content (AvgIpc) is 2.29.